The van der Waals surface area contributed by atoms with Gasteiger partial charge < -0.3 is 4.74 Å². The van der Waals surface area contributed by atoms with Crippen LogP contribution < -0.4 is 4.74 Å². The van der Waals surface area contributed by atoms with Gasteiger partial charge in [-0.05, 0) is 74.0 Å². The first-order chi connectivity index (χ1) is 11.4. The van der Waals surface area contributed by atoms with Gasteiger partial charge in [-0.1, -0.05) is 13.0 Å². The maximum Gasteiger partial charge on any atom is 0.308 e. The Morgan fingerprint density at radius 2 is 2.00 bits per heavy atom. The van der Waals surface area contributed by atoms with Gasteiger partial charge in [-0.15, -0.1) is 0 Å². The zero-order chi connectivity index (χ0) is 17.1. The molecule has 0 radical (unpaired) electrons. The molecule has 0 bridgehead atoms. The summed E-state index contributed by atoms with van der Waals surface area (Å²) in [6.45, 7) is 5.82. The van der Waals surface area contributed by atoms with Gasteiger partial charge in [-0.25, -0.2) is 0 Å². The minimum Gasteiger partial charge on any atom is -0.426 e. The van der Waals surface area contributed by atoms with Crippen LogP contribution in [0.4, 0.5) is 0 Å². The van der Waals surface area contributed by atoms with Crippen LogP contribution in [0.5, 0.6) is 5.75 Å². The summed E-state index contributed by atoms with van der Waals surface area (Å²) in [4.78, 5) is 24.0. The molecule has 0 amide bonds. The molecule has 1 aromatic carbocycles. The van der Waals surface area contributed by atoms with Crippen LogP contribution in [0.2, 0.25) is 0 Å². The zero-order valence-corrected chi connectivity index (χ0v) is 14.9. The Morgan fingerprint density at radius 1 is 1.21 bits per heavy atom. The number of hydrogen-bond donors (Lipinski definition) is 0. The molecule has 3 nitrogen and oxygen atoms in total. The van der Waals surface area contributed by atoms with E-state index >= 15 is 0 Å². The Hall–Kier alpha value is -1.64. The van der Waals surface area contributed by atoms with Gasteiger partial charge >= 0.3 is 5.97 Å². The fraction of sp³-hybridized carbons (Fsp3) is 0.619. The lowest BCUT2D eigenvalue weighted by Crippen LogP contribution is -2.42. The number of carbonyl (C=O) groups is 2. The van der Waals surface area contributed by atoms with Crippen LogP contribution in [0.25, 0.3) is 0 Å². The molecule has 4 atom stereocenters. The van der Waals surface area contributed by atoms with E-state index in [4.69, 9.17) is 4.74 Å². The molecule has 0 saturated heterocycles. The van der Waals surface area contributed by atoms with Gasteiger partial charge in [0.25, 0.3) is 0 Å². The molecule has 0 unspecified atom stereocenters. The van der Waals surface area contributed by atoms with Crippen molar-refractivity contribution >= 4 is 11.8 Å². The monoisotopic (exact) mass is 326 g/mol. The fourth-order valence-corrected chi connectivity index (χ4v) is 5.86. The third-order valence-electron chi connectivity index (χ3n) is 7.05. The van der Waals surface area contributed by atoms with Gasteiger partial charge in [0.05, 0.1) is 0 Å². The average Bonchev–Trinajstić information content (AvgIpc) is 2.85. The van der Waals surface area contributed by atoms with Gasteiger partial charge in [0.2, 0.25) is 0 Å². The molecule has 0 spiro atoms. The Bertz CT molecular complexity index is 720. The van der Waals surface area contributed by atoms with Crippen LogP contribution >= 0.6 is 0 Å². The highest BCUT2D eigenvalue weighted by Gasteiger charge is 2.55. The first-order valence-electron chi connectivity index (χ1n) is 9.26. The lowest BCUT2D eigenvalue weighted by Gasteiger charge is -2.48. The number of Topliss-reactive ketones (excluding diaryl/α,β-unsaturated/α-hetero) is 1. The molecule has 0 aliphatic heterocycles. The van der Waals surface area contributed by atoms with Crippen molar-refractivity contribution in [2.24, 2.45) is 17.3 Å². The van der Waals surface area contributed by atoms with Crippen LogP contribution in [0.3, 0.4) is 0 Å². The molecular weight excluding hydrogens is 300 g/mol. The van der Waals surface area contributed by atoms with Gasteiger partial charge in [-0.2, -0.15) is 0 Å². The third kappa shape index (κ3) is 2.17. The summed E-state index contributed by atoms with van der Waals surface area (Å²) in [5.41, 5.74) is 3.84. The number of fused-ring (bicyclic) bond motifs is 5. The van der Waals surface area contributed by atoms with Crippen molar-refractivity contribution in [3.8, 4) is 5.75 Å². The Morgan fingerprint density at radius 3 is 2.75 bits per heavy atom. The molecule has 3 heteroatoms. The van der Waals surface area contributed by atoms with E-state index in [1.165, 1.54) is 23.6 Å². The van der Waals surface area contributed by atoms with Crippen LogP contribution in [-0.2, 0) is 16.0 Å². The summed E-state index contributed by atoms with van der Waals surface area (Å²) in [7, 11) is 0. The van der Waals surface area contributed by atoms with Crippen molar-refractivity contribution in [3.05, 3.63) is 28.8 Å². The van der Waals surface area contributed by atoms with Crippen molar-refractivity contribution in [1.82, 2.24) is 0 Å². The Labute approximate surface area is 143 Å². The smallest absolute Gasteiger partial charge is 0.308 e. The van der Waals surface area contributed by atoms with E-state index in [2.05, 4.69) is 19.9 Å². The van der Waals surface area contributed by atoms with Crippen molar-refractivity contribution in [1.29, 1.82) is 0 Å². The normalized spacial score (nSPS) is 34.3. The summed E-state index contributed by atoms with van der Waals surface area (Å²) in [6, 6.07) is 4.04. The molecule has 1 aromatic rings. The van der Waals surface area contributed by atoms with Crippen LogP contribution in [0, 0.1) is 24.2 Å². The summed E-state index contributed by atoms with van der Waals surface area (Å²) in [6.07, 6.45) is 6.01. The molecule has 3 aliphatic rings. The zero-order valence-electron chi connectivity index (χ0n) is 14.9. The molecule has 4 rings (SSSR count). The highest BCUT2D eigenvalue weighted by molar-refractivity contribution is 5.87. The highest BCUT2D eigenvalue weighted by atomic mass is 16.5. The van der Waals surface area contributed by atoms with E-state index in [1.54, 1.807) is 0 Å². The number of rotatable bonds is 1. The van der Waals surface area contributed by atoms with Gasteiger partial charge in [-0.3, -0.25) is 9.59 Å². The van der Waals surface area contributed by atoms with E-state index in [1.807, 2.05) is 6.07 Å². The second-order valence-corrected chi connectivity index (χ2v) is 8.20. The summed E-state index contributed by atoms with van der Waals surface area (Å²) in [5.74, 6) is 2.47. The summed E-state index contributed by atoms with van der Waals surface area (Å²) >= 11 is 0. The predicted molar refractivity (Wildman–Crippen MR) is 92.1 cm³/mol. The third-order valence-corrected chi connectivity index (χ3v) is 7.05. The van der Waals surface area contributed by atoms with Crippen molar-refractivity contribution in [3.63, 3.8) is 0 Å². The number of carbonyl (C=O) groups excluding carboxylic acids is 2. The van der Waals surface area contributed by atoms with Crippen LogP contribution in [-0.4, -0.2) is 11.8 Å². The largest absolute Gasteiger partial charge is 0.426 e. The molecule has 24 heavy (non-hydrogen) atoms. The lowest BCUT2D eigenvalue weighted by molar-refractivity contribution is -0.132. The highest BCUT2D eigenvalue weighted by Crippen LogP contribution is 2.60. The second kappa shape index (κ2) is 5.44. The molecule has 0 heterocycles. The van der Waals surface area contributed by atoms with Crippen molar-refractivity contribution < 1.29 is 14.3 Å². The van der Waals surface area contributed by atoms with Gasteiger partial charge in [0.1, 0.15) is 11.5 Å². The van der Waals surface area contributed by atoms with Crippen LogP contribution in [0.15, 0.2) is 12.1 Å². The van der Waals surface area contributed by atoms with E-state index in [0.29, 0.717) is 23.5 Å². The number of ether oxygens (including phenoxy) is 1. The molecule has 0 aromatic heterocycles. The topological polar surface area (TPSA) is 43.4 Å². The maximum atomic E-state index is 12.4. The number of ketones is 1. The first kappa shape index (κ1) is 15.9. The molecule has 2 saturated carbocycles. The molecular formula is C21H26O3. The second-order valence-electron chi connectivity index (χ2n) is 8.20. The summed E-state index contributed by atoms with van der Waals surface area (Å²) in [5, 5.41) is 0. The van der Waals surface area contributed by atoms with E-state index in [0.717, 1.165) is 44.3 Å². The number of benzene rings is 1. The van der Waals surface area contributed by atoms with E-state index < -0.39 is 0 Å². The fourth-order valence-electron chi connectivity index (χ4n) is 5.86. The van der Waals surface area contributed by atoms with Gasteiger partial charge in [0.15, 0.2) is 0 Å². The molecule has 0 N–H and O–H groups in total. The number of hydrogen-bond acceptors (Lipinski definition) is 3. The minimum absolute atomic E-state index is 0.107. The van der Waals surface area contributed by atoms with Crippen molar-refractivity contribution in [2.75, 3.05) is 0 Å². The standard InChI is InChI=1S/C21H26O3/c1-12-4-8-18(24-13(2)22)20-14(12)5-6-15-16(20)10-11-21(3)17(15)7-9-19(21)23/h4,8,15-17H,5-7,9-11H2,1-3H3/t15-,16-,17-,21-/m1/s1. The minimum atomic E-state index is -0.250. The van der Waals surface area contributed by atoms with Crippen molar-refractivity contribution in [2.45, 2.75) is 65.2 Å². The maximum absolute atomic E-state index is 12.4. The number of aryl methyl sites for hydroxylation is 1. The average molecular weight is 326 g/mol. The van der Waals surface area contributed by atoms with Crippen LogP contribution in [0.1, 0.15) is 68.6 Å². The van der Waals surface area contributed by atoms with Gasteiger partial charge in [0, 0.05) is 24.3 Å². The Kier molecular flexibility index (Phi) is 3.59. The predicted octanol–water partition coefficient (Wildman–Crippen LogP) is 4.35. The first-order valence-corrected chi connectivity index (χ1v) is 9.26. The molecule has 3 aliphatic carbocycles. The summed E-state index contributed by atoms with van der Waals surface area (Å²) < 4.78 is 5.57. The quantitative estimate of drug-likeness (QED) is 0.569. The molecule has 128 valence electrons. The number of esters is 1. The lowest BCUT2D eigenvalue weighted by atomic mass is 9.55. The van der Waals surface area contributed by atoms with E-state index in [9.17, 15) is 9.59 Å². The SMILES string of the molecule is CC(=O)Oc1ccc(C)c2c1[C@@H]1CC[C@@]3(C)C(=O)CC[C@@H]3[C@@H]1CC2. The molecule has 2 fully saturated rings. The van der Waals surface area contributed by atoms with E-state index in [-0.39, 0.29) is 11.4 Å². The Balaban J connectivity index is 1.78.